The molecule has 1 aliphatic rings. The molecule has 0 spiro atoms. The molecule has 0 aliphatic carbocycles. The summed E-state index contributed by atoms with van der Waals surface area (Å²) >= 11 is 14.9. The number of nitrogens with one attached hydrogen (secondary N) is 1. The smallest absolute Gasteiger partial charge is 0.283 e. The molecule has 0 bridgehead atoms. The minimum atomic E-state index is -0.204. The fourth-order valence-electron chi connectivity index (χ4n) is 3.69. The molecule has 0 atom stereocenters. The zero-order valence-corrected chi connectivity index (χ0v) is 20.1. The molecule has 5 nitrogen and oxygen atoms in total. The number of amides is 1. The number of hydrogen-bond donors (Lipinski definition) is 1. The zero-order chi connectivity index (χ0) is 21.3. The second-order valence-corrected chi connectivity index (χ2v) is 9.41. The lowest BCUT2D eigenvalue weighted by Crippen LogP contribution is -2.45. The molecule has 2 aromatic carbocycles. The summed E-state index contributed by atoms with van der Waals surface area (Å²) in [7, 11) is 0. The summed E-state index contributed by atoms with van der Waals surface area (Å²) in [6.07, 6.45) is 3.37. The van der Waals surface area contributed by atoms with Gasteiger partial charge < -0.3 is 0 Å². The average molecular weight is 552 g/mol. The third-order valence-electron chi connectivity index (χ3n) is 5.21. The van der Waals surface area contributed by atoms with Crippen molar-refractivity contribution in [1.82, 2.24) is 20.2 Å². The second kappa shape index (κ2) is 9.26. The third kappa shape index (κ3) is 4.51. The number of halogens is 3. The Balaban J connectivity index is 1.80. The van der Waals surface area contributed by atoms with Crippen molar-refractivity contribution in [3.63, 3.8) is 0 Å². The molecule has 156 valence electrons. The van der Waals surface area contributed by atoms with E-state index in [4.69, 9.17) is 23.2 Å². The van der Waals surface area contributed by atoms with E-state index in [1.54, 1.807) is 16.8 Å². The number of hydrazine groups is 1. The Morgan fingerprint density at radius 1 is 1.07 bits per heavy atom. The largest absolute Gasteiger partial charge is 0.286 e. The highest BCUT2D eigenvalue weighted by atomic mass is 124. The van der Waals surface area contributed by atoms with Gasteiger partial charge in [-0.2, -0.15) is 5.10 Å². The summed E-state index contributed by atoms with van der Waals surface area (Å²) in [6.45, 7) is 3.64. The first-order valence-corrected chi connectivity index (χ1v) is 11.6. The molecular weight excluding hydrogens is 531 g/mol. The Morgan fingerprint density at radius 2 is 1.77 bits per heavy atom. The zero-order valence-electron chi connectivity index (χ0n) is 16.5. The molecule has 3 aromatic rings. The van der Waals surface area contributed by atoms with E-state index >= 15 is 0 Å². The van der Waals surface area contributed by atoms with Crippen LogP contribution in [0.15, 0.2) is 42.5 Å². The van der Waals surface area contributed by atoms with Gasteiger partial charge in [0.1, 0.15) is 0 Å². The number of carbonyl (C=O) groups is 1. The summed E-state index contributed by atoms with van der Waals surface area (Å²) < 4.78 is 2.87. The Bertz CT molecular complexity index is 1080. The lowest BCUT2D eigenvalue weighted by molar-refractivity contribution is 0.0743. The predicted octanol–water partition coefficient (Wildman–Crippen LogP) is 5.89. The van der Waals surface area contributed by atoms with Crippen molar-refractivity contribution in [3.05, 3.63) is 67.3 Å². The summed E-state index contributed by atoms with van der Waals surface area (Å²) in [5, 5.41) is 7.68. The van der Waals surface area contributed by atoms with Gasteiger partial charge in [-0.3, -0.25) is 10.2 Å². The van der Waals surface area contributed by atoms with E-state index in [-0.39, 0.29) is 5.91 Å². The van der Waals surface area contributed by atoms with Gasteiger partial charge in [-0.1, -0.05) is 41.8 Å². The minimum Gasteiger partial charge on any atom is -0.283 e. The fraction of sp³-hybridized carbons (Fsp3) is 0.273. The van der Waals surface area contributed by atoms with Gasteiger partial charge in [0.05, 0.1) is 16.4 Å². The third-order valence-corrected chi connectivity index (χ3v) is 6.47. The molecule has 0 saturated carbocycles. The predicted molar refractivity (Wildman–Crippen MR) is 129 cm³/mol. The molecule has 2 heterocycles. The summed E-state index contributed by atoms with van der Waals surface area (Å²) in [5.41, 5.74) is 6.68. The molecule has 1 amide bonds. The highest BCUT2D eigenvalue weighted by Gasteiger charge is 2.24. The first kappa shape index (κ1) is 21.6. The maximum Gasteiger partial charge on any atom is 0.286 e. The SMILES string of the molecule is Cc1c(C(=O)NN2CCCCC2)nn(-c2ccc(Cl)cc2Cl)c1-c1ccc([124I])cc1. The van der Waals surface area contributed by atoms with E-state index in [0.29, 0.717) is 21.4 Å². The van der Waals surface area contributed by atoms with Crippen LogP contribution in [-0.4, -0.2) is 33.8 Å². The van der Waals surface area contributed by atoms with E-state index in [1.807, 2.05) is 42.3 Å². The monoisotopic (exact) mass is 551 g/mol. The molecule has 4 rings (SSSR count). The van der Waals surface area contributed by atoms with Crippen LogP contribution in [0.25, 0.3) is 16.9 Å². The molecule has 30 heavy (non-hydrogen) atoms. The fourth-order valence-corrected chi connectivity index (χ4v) is 4.54. The summed E-state index contributed by atoms with van der Waals surface area (Å²) in [5.74, 6) is -0.204. The van der Waals surface area contributed by atoms with Crippen molar-refractivity contribution in [2.45, 2.75) is 26.2 Å². The topological polar surface area (TPSA) is 50.2 Å². The van der Waals surface area contributed by atoms with E-state index in [9.17, 15) is 4.79 Å². The van der Waals surface area contributed by atoms with Gasteiger partial charge in [-0.15, -0.1) is 0 Å². The van der Waals surface area contributed by atoms with Gasteiger partial charge in [-0.25, -0.2) is 9.69 Å². The highest BCUT2D eigenvalue weighted by Crippen LogP contribution is 2.33. The van der Waals surface area contributed by atoms with Crippen molar-refractivity contribution < 1.29 is 4.79 Å². The van der Waals surface area contributed by atoms with E-state index in [1.165, 1.54) is 6.42 Å². The van der Waals surface area contributed by atoms with Crippen LogP contribution in [0.3, 0.4) is 0 Å². The van der Waals surface area contributed by atoms with E-state index in [2.05, 4.69) is 33.1 Å². The molecule has 1 aliphatic heterocycles. The van der Waals surface area contributed by atoms with Gasteiger partial charge in [0.2, 0.25) is 0 Å². The first-order valence-electron chi connectivity index (χ1n) is 9.81. The molecule has 1 fully saturated rings. The Labute approximate surface area is 199 Å². The van der Waals surface area contributed by atoms with Crippen LogP contribution >= 0.6 is 45.8 Å². The molecule has 1 saturated heterocycles. The number of piperidine rings is 1. The van der Waals surface area contributed by atoms with Crippen LogP contribution in [0.1, 0.15) is 35.3 Å². The molecule has 8 heteroatoms. The molecular formula is C22H21Cl2IN4O. The molecule has 0 radical (unpaired) electrons. The number of nitrogens with zero attached hydrogens (tertiary/aromatic N) is 3. The maximum atomic E-state index is 13.1. The van der Waals surface area contributed by atoms with Gasteiger partial charge in [0.15, 0.2) is 5.69 Å². The van der Waals surface area contributed by atoms with Crippen molar-refractivity contribution in [3.8, 4) is 16.9 Å². The standard InChI is InChI=1S/C22H21Cl2IN4O/c1-14-20(22(30)27-28-11-3-2-4-12-28)26-29(19-10-7-16(23)13-18(19)24)21(14)15-5-8-17(25)9-6-15/h5-10,13H,2-4,11-12H2,1H3,(H,27,30)/i25-3. The quantitative estimate of drug-likeness (QED) is 0.411. The lowest BCUT2D eigenvalue weighted by Gasteiger charge is -2.26. The summed E-state index contributed by atoms with van der Waals surface area (Å²) in [4.78, 5) is 13.1. The van der Waals surface area contributed by atoms with Gasteiger partial charge in [0, 0.05) is 32.8 Å². The van der Waals surface area contributed by atoms with E-state index in [0.717, 1.165) is 46.3 Å². The Morgan fingerprint density at radius 3 is 2.43 bits per heavy atom. The number of aromatic nitrogens is 2. The maximum absolute atomic E-state index is 13.1. The van der Waals surface area contributed by atoms with E-state index < -0.39 is 0 Å². The van der Waals surface area contributed by atoms with Crippen LogP contribution in [0, 0.1) is 10.5 Å². The van der Waals surface area contributed by atoms with Crippen LogP contribution in [0.5, 0.6) is 0 Å². The van der Waals surface area contributed by atoms with Gasteiger partial charge in [0.25, 0.3) is 5.91 Å². The molecule has 1 aromatic heterocycles. The number of carbonyl (C=O) groups excluding carboxylic acids is 1. The Hall–Kier alpha value is -1.61. The number of hydrogen-bond acceptors (Lipinski definition) is 3. The van der Waals surface area contributed by atoms with Crippen LogP contribution in [-0.2, 0) is 0 Å². The lowest BCUT2D eigenvalue weighted by atomic mass is 10.1. The molecule has 1 N–H and O–H groups in total. The van der Waals surface area contributed by atoms with Crippen molar-refractivity contribution >= 4 is 51.7 Å². The first-order chi connectivity index (χ1) is 14.4. The average Bonchev–Trinajstić information content (AvgIpc) is 3.06. The van der Waals surface area contributed by atoms with Crippen LogP contribution in [0.4, 0.5) is 0 Å². The second-order valence-electron chi connectivity index (χ2n) is 7.33. The highest BCUT2D eigenvalue weighted by molar-refractivity contribution is 14.1. The van der Waals surface area contributed by atoms with Gasteiger partial charge >= 0.3 is 0 Å². The molecule has 0 unspecified atom stereocenters. The summed E-state index contributed by atoms with van der Waals surface area (Å²) in [6, 6.07) is 13.4. The van der Waals surface area contributed by atoms with Crippen LogP contribution < -0.4 is 5.43 Å². The van der Waals surface area contributed by atoms with Crippen molar-refractivity contribution in [2.24, 2.45) is 0 Å². The van der Waals surface area contributed by atoms with Crippen molar-refractivity contribution in [1.29, 1.82) is 0 Å². The minimum absolute atomic E-state index is 0.204. The van der Waals surface area contributed by atoms with Crippen molar-refractivity contribution in [2.75, 3.05) is 13.1 Å². The number of rotatable bonds is 4. The van der Waals surface area contributed by atoms with Crippen LogP contribution in [0.2, 0.25) is 10.0 Å². The number of benzene rings is 2. The van der Waals surface area contributed by atoms with Gasteiger partial charge in [-0.05, 0) is 72.7 Å². The normalized spacial score (nSPS) is 14.7. The Kier molecular flexibility index (Phi) is 6.67.